The van der Waals surface area contributed by atoms with E-state index in [1.165, 1.54) is 13.1 Å². The molecule has 2 unspecified atom stereocenters. The third kappa shape index (κ3) is 8.38. The van der Waals surface area contributed by atoms with Gasteiger partial charge < -0.3 is 35.9 Å². The van der Waals surface area contributed by atoms with Crippen molar-refractivity contribution >= 4 is 35.4 Å². The van der Waals surface area contributed by atoms with Crippen LogP contribution in [0.4, 0.5) is 10.5 Å². The average molecular weight is 559 g/mol. The molecule has 1 aromatic heterocycles. The van der Waals surface area contributed by atoms with E-state index >= 15 is 0 Å². The van der Waals surface area contributed by atoms with Crippen LogP contribution < -0.4 is 16.4 Å². The molecule has 1 aromatic carbocycles. The number of aromatic nitrogens is 1. The topological polar surface area (TPSA) is 188 Å². The summed E-state index contributed by atoms with van der Waals surface area (Å²) in [7, 11) is 0. The molecule has 2 atom stereocenters. The van der Waals surface area contributed by atoms with Crippen molar-refractivity contribution in [2.45, 2.75) is 60.2 Å². The number of H-pyrrole nitrogens is 1. The maximum Gasteiger partial charge on any atom is 0.419 e. The maximum atomic E-state index is 13.4. The molecule has 0 saturated heterocycles. The Hall–Kier alpha value is -4.23. The molecule has 13 nitrogen and oxygen atoms in total. The van der Waals surface area contributed by atoms with Crippen molar-refractivity contribution in [2.75, 3.05) is 25.2 Å². The second-order valence-electron chi connectivity index (χ2n) is 9.06. The van der Waals surface area contributed by atoms with Crippen LogP contribution in [0.5, 0.6) is 0 Å². The SMILES string of the molecule is CCCN(C(=O)OCOC(=O)C(C)O)C(=O)c1c[nH]c(/C(=N\C(C)N)Nc2cc(C(=O)NCC)ccc2C)c1C. The number of aliphatic imine (C=N–C) groups is 1. The van der Waals surface area contributed by atoms with E-state index in [-0.39, 0.29) is 18.0 Å². The van der Waals surface area contributed by atoms with Gasteiger partial charge in [0.05, 0.1) is 17.4 Å². The number of benzene rings is 1. The minimum atomic E-state index is -1.38. The molecule has 0 aliphatic rings. The molecule has 0 aliphatic carbocycles. The van der Waals surface area contributed by atoms with Gasteiger partial charge in [-0.2, -0.15) is 0 Å². The van der Waals surface area contributed by atoms with Crippen LogP contribution in [0.25, 0.3) is 0 Å². The molecule has 0 bridgehead atoms. The fourth-order valence-electron chi connectivity index (χ4n) is 3.60. The largest absolute Gasteiger partial charge is 0.426 e. The molecule has 40 heavy (non-hydrogen) atoms. The highest BCUT2D eigenvalue weighted by Gasteiger charge is 2.28. The third-order valence-corrected chi connectivity index (χ3v) is 5.67. The number of hydrogen-bond acceptors (Lipinski definition) is 9. The monoisotopic (exact) mass is 558 g/mol. The molecule has 6 N–H and O–H groups in total. The first kappa shape index (κ1) is 32.0. The number of imide groups is 1. The van der Waals surface area contributed by atoms with Crippen molar-refractivity contribution in [3.63, 3.8) is 0 Å². The van der Waals surface area contributed by atoms with Gasteiger partial charge >= 0.3 is 12.1 Å². The lowest BCUT2D eigenvalue weighted by molar-refractivity contribution is -0.161. The molecule has 1 heterocycles. The summed E-state index contributed by atoms with van der Waals surface area (Å²) in [6.07, 6.45) is -1.09. The average Bonchev–Trinajstić information content (AvgIpc) is 3.28. The third-order valence-electron chi connectivity index (χ3n) is 5.67. The molecule has 0 saturated carbocycles. The van der Waals surface area contributed by atoms with Crippen molar-refractivity contribution in [1.82, 2.24) is 15.2 Å². The fraction of sp³-hybridized carbons (Fsp3) is 0.444. The Balaban J connectivity index is 2.35. The van der Waals surface area contributed by atoms with E-state index in [9.17, 15) is 24.3 Å². The highest BCUT2D eigenvalue weighted by Crippen LogP contribution is 2.22. The van der Waals surface area contributed by atoms with Crippen LogP contribution in [-0.4, -0.2) is 76.9 Å². The number of anilines is 1. The van der Waals surface area contributed by atoms with Gasteiger partial charge in [-0.25, -0.2) is 19.5 Å². The van der Waals surface area contributed by atoms with Gasteiger partial charge in [-0.05, 0) is 64.3 Å². The minimum Gasteiger partial charge on any atom is -0.426 e. The Labute approximate surface area is 233 Å². The molecule has 0 spiro atoms. The van der Waals surface area contributed by atoms with Crippen LogP contribution in [-0.2, 0) is 14.3 Å². The van der Waals surface area contributed by atoms with E-state index in [1.807, 2.05) is 13.8 Å². The van der Waals surface area contributed by atoms with Crippen LogP contribution in [0.1, 0.15) is 71.7 Å². The van der Waals surface area contributed by atoms with Crippen LogP contribution in [0.2, 0.25) is 0 Å². The minimum absolute atomic E-state index is 0.0484. The Kier molecular flexibility index (Phi) is 11.8. The van der Waals surface area contributed by atoms with Crippen LogP contribution in [0.15, 0.2) is 29.4 Å². The van der Waals surface area contributed by atoms with Crippen molar-refractivity contribution in [3.05, 3.63) is 52.3 Å². The molecule has 2 aromatic rings. The van der Waals surface area contributed by atoms with Gasteiger partial charge in [-0.3, -0.25) is 9.59 Å². The number of amides is 3. The highest BCUT2D eigenvalue weighted by atomic mass is 16.7. The van der Waals surface area contributed by atoms with E-state index in [0.717, 1.165) is 10.5 Å². The van der Waals surface area contributed by atoms with Gasteiger partial charge in [0.15, 0.2) is 5.84 Å². The number of carbonyl (C=O) groups excluding carboxylic acids is 4. The second kappa shape index (κ2) is 14.8. The smallest absolute Gasteiger partial charge is 0.419 e. The first-order valence-electron chi connectivity index (χ1n) is 12.9. The predicted octanol–water partition coefficient (Wildman–Crippen LogP) is 2.41. The lowest BCUT2D eigenvalue weighted by Gasteiger charge is -2.20. The number of ether oxygens (including phenoxy) is 2. The molecule has 13 heteroatoms. The summed E-state index contributed by atoms with van der Waals surface area (Å²) in [6.45, 7) is 9.86. The second-order valence-corrected chi connectivity index (χ2v) is 9.06. The highest BCUT2D eigenvalue weighted by molar-refractivity contribution is 6.12. The molecular weight excluding hydrogens is 520 g/mol. The quantitative estimate of drug-likeness (QED) is 0.119. The number of aliphatic hydroxyl groups excluding tert-OH is 1. The lowest BCUT2D eigenvalue weighted by atomic mass is 10.1. The van der Waals surface area contributed by atoms with Crippen molar-refractivity contribution in [2.24, 2.45) is 10.7 Å². The summed E-state index contributed by atoms with van der Waals surface area (Å²) in [5, 5.41) is 15.2. The molecule has 218 valence electrons. The van der Waals surface area contributed by atoms with Gasteiger partial charge in [0.1, 0.15) is 6.10 Å². The fourth-order valence-corrected chi connectivity index (χ4v) is 3.60. The van der Waals surface area contributed by atoms with Gasteiger partial charge in [-0.1, -0.05) is 13.0 Å². The van der Waals surface area contributed by atoms with Gasteiger partial charge in [0.25, 0.3) is 11.8 Å². The number of nitrogens with one attached hydrogen (secondary N) is 3. The van der Waals surface area contributed by atoms with Crippen LogP contribution in [0, 0.1) is 13.8 Å². The van der Waals surface area contributed by atoms with Gasteiger partial charge in [-0.15, -0.1) is 0 Å². The maximum absolute atomic E-state index is 13.4. The number of aliphatic hydroxyl groups is 1. The molecule has 0 fully saturated rings. The first-order chi connectivity index (χ1) is 18.9. The molecular formula is C27H38N6O7. The summed E-state index contributed by atoms with van der Waals surface area (Å²) in [6, 6.07) is 5.22. The normalized spacial score (nSPS) is 12.8. The number of nitrogens with zero attached hydrogens (tertiary/aromatic N) is 2. The number of aromatic amines is 1. The van der Waals surface area contributed by atoms with Crippen LogP contribution >= 0.6 is 0 Å². The summed E-state index contributed by atoms with van der Waals surface area (Å²) >= 11 is 0. The van der Waals surface area contributed by atoms with Crippen molar-refractivity contribution < 1.29 is 33.8 Å². The van der Waals surface area contributed by atoms with Gasteiger partial charge in [0, 0.05) is 30.5 Å². The number of hydrogen-bond donors (Lipinski definition) is 5. The van der Waals surface area contributed by atoms with Crippen molar-refractivity contribution in [3.8, 4) is 0 Å². The number of esters is 1. The zero-order chi connectivity index (χ0) is 30.0. The van der Waals surface area contributed by atoms with Crippen molar-refractivity contribution in [1.29, 1.82) is 0 Å². The van der Waals surface area contributed by atoms with Crippen LogP contribution in [0.3, 0.4) is 0 Å². The summed E-state index contributed by atoms with van der Waals surface area (Å²) in [5.41, 5.74) is 9.04. The zero-order valence-electron chi connectivity index (χ0n) is 23.7. The molecule has 2 rings (SSSR count). The molecule has 3 amide bonds. The predicted molar refractivity (Wildman–Crippen MR) is 149 cm³/mol. The number of nitrogens with two attached hydrogens (primary N) is 1. The lowest BCUT2D eigenvalue weighted by Crippen LogP contribution is -2.38. The summed E-state index contributed by atoms with van der Waals surface area (Å²) in [4.78, 5) is 58.2. The molecule has 0 radical (unpaired) electrons. The number of rotatable bonds is 11. The van der Waals surface area contributed by atoms with Gasteiger partial charge in [0.2, 0.25) is 6.79 Å². The van der Waals surface area contributed by atoms with E-state index in [0.29, 0.717) is 41.3 Å². The Morgan fingerprint density at radius 2 is 1.85 bits per heavy atom. The standard InChI is InChI=1S/C27H38N6O7/c1-7-11-33(27(38)40-14-39-26(37)17(5)34)25(36)20-13-30-22(16(20)4)23(31-18(6)28)32-21-12-19(10-9-15(21)3)24(35)29-8-2/h9-10,12-13,17-18,30,34H,7-8,11,14,28H2,1-6H3,(H,29,35)(H,31,32). The van der Waals surface area contributed by atoms with E-state index in [1.54, 1.807) is 39.0 Å². The summed E-state index contributed by atoms with van der Waals surface area (Å²) in [5.74, 6) is -1.49. The summed E-state index contributed by atoms with van der Waals surface area (Å²) < 4.78 is 9.57. The Morgan fingerprint density at radius 1 is 1.15 bits per heavy atom. The Bertz CT molecular complexity index is 1250. The first-order valence-corrected chi connectivity index (χ1v) is 12.9. The molecule has 0 aliphatic heterocycles. The number of carbonyl (C=O) groups is 4. The van der Waals surface area contributed by atoms with E-state index < -0.39 is 37.0 Å². The number of aryl methyl sites for hydroxylation is 1. The Morgan fingerprint density at radius 3 is 2.45 bits per heavy atom. The van der Waals surface area contributed by atoms with E-state index in [2.05, 4.69) is 25.3 Å². The number of amidine groups is 1. The van der Waals surface area contributed by atoms with E-state index in [4.69, 9.17) is 10.5 Å². The zero-order valence-corrected chi connectivity index (χ0v) is 23.7.